The first-order valence-corrected chi connectivity index (χ1v) is 6.16. The second kappa shape index (κ2) is 5.10. The molecule has 0 bridgehead atoms. The topological polar surface area (TPSA) is 42.4 Å². The molecule has 6 heteroatoms. The molecule has 0 spiro atoms. The van der Waals surface area contributed by atoms with E-state index in [1.54, 1.807) is 18.0 Å². The summed E-state index contributed by atoms with van der Waals surface area (Å²) in [4.78, 5) is 17.7. The number of carbonyl (C=O) groups excluding carboxylic acids is 1. The zero-order chi connectivity index (χ0) is 12.4. The molecule has 1 amide bonds. The van der Waals surface area contributed by atoms with Crippen LogP contribution in [0.25, 0.3) is 0 Å². The van der Waals surface area contributed by atoms with Crippen LogP contribution in [0.5, 0.6) is 5.88 Å². The largest absolute Gasteiger partial charge is 0.472 e. The summed E-state index contributed by atoms with van der Waals surface area (Å²) in [5.74, 6) is 0.682. The van der Waals surface area contributed by atoms with Crippen molar-refractivity contribution in [3.05, 3.63) is 22.8 Å². The van der Waals surface area contributed by atoms with Crippen LogP contribution in [0.1, 0.15) is 16.8 Å². The Balaban J connectivity index is 2.37. The van der Waals surface area contributed by atoms with Gasteiger partial charge in [0.1, 0.15) is 11.7 Å². The van der Waals surface area contributed by atoms with Crippen molar-refractivity contribution in [2.75, 3.05) is 19.5 Å². The lowest BCUT2D eigenvalue weighted by atomic mass is 10.2. The number of likely N-dealkylation sites (N-methyl/N-ethyl adjacent to an activating group) is 1. The number of fused-ring (bicyclic) bond motifs is 1. The molecule has 4 nitrogen and oxygen atoms in total. The Morgan fingerprint density at radius 2 is 2.41 bits per heavy atom. The zero-order valence-electron chi connectivity index (χ0n) is 9.32. The molecule has 17 heavy (non-hydrogen) atoms. The maximum atomic E-state index is 12.1. The molecule has 0 aliphatic carbocycles. The van der Waals surface area contributed by atoms with Gasteiger partial charge in [-0.25, -0.2) is 4.98 Å². The minimum absolute atomic E-state index is 0.128. The van der Waals surface area contributed by atoms with Crippen LogP contribution in [-0.4, -0.2) is 41.4 Å². The van der Waals surface area contributed by atoms with Crippen molar-refractivity contribution < 1.29 is 9.53 Å². The summed E-state index contributed by atoms with van der Waals surface area (Å²) in [6.45, 7) is 0.500. The Hall–Kier alpha value is -1.00. The van der Waals surface area contributed by atoms with E-state index in [0.717, 1.165) is 0 Å². The smallest absolute Gasteiger partial charge is 0.259 e. The number of aromatic nitrogens is 1. The lowest BCUT2D eigenvalue weighted by Gasteiger charge is -2.19. The van der Waals surface area contributed by atoms with Crippen molar-refractivity contribution in [2.24, 2.45) is 0 Å². The Morgan fingerprint density at radius 3 is 3.12 bits per heavy atom. The summed E-state index contributed by atoms with van der Waals surface area (Å²) in [6, 6.07) is 1.58. The number of hydrogen-bond donors (Lipinski definition) is 0. The van der Waals surface area contributed by atoms with Gasteiger partial charge in [-0.3, -0.25) is 4.79 Å². The van der Waals surface area contributed by atoms with E-state index >= 15 is 0 Å². The fraction of sp³-hybridized carbons (Fsp3) is 0.455. The number of nitrogens with zero attached hydrogens (tertiary/aromatic N) is 2. The fourth-order valence-corrected chi connectivity index (χ4v) is 2.14. The molecule has 1 unspecified atom stereocenters. The van der Waals surface area contributed by atoms with E-state index in [9.17, 15) is 4.79 Å². The number of pyridine rings is 1. The quantitative estimate of drug-likeness (QED) is 0.777. The average molecular weight is 275 g/mol. The molecule has 0 N–H and O–H groups in total. The van der Waals surface area contributed by atoms with Crippen LogP contribution in [0.3, 0.4) is 0 Å². The highest BCUT2D eigenvalue weighted by Crippen LogP contribution is 2.25. The van der Waals surface area contributed by atoms with Crippen LogP contribution in [-0.2, 0) is 0 Å². The van der Waals surface area contributed by atoms with Crippen molar-refractivity contribution in [3.8, 4) is 5.88 Å². The molecule has 92 valence electrons. The van der Waals surface area contributed by atoms with E-state index < -0.39 is 0 Å². The highest BCUT2D eigenvalue weighted by Gasteiger charge is 2.27. The van der Waals surface area contributed by atoms with Crippen molar-refractivity contribution in [3.63, 3.8) is 0 Å². The molecule has 1 aliphatic heterocycles. The third-order valence-corrected chi connectivity index (χ3v) is 3.01. The maximum Gasteiger partial charge on any atom is 0.259 e. The molecule has 1 aromatic heterocycles. The summed E-state index contributed by atoms with van der Waals surface area (Å²) in [5.41, 5.74) is 0.400. The molecule has 0 saturated carbocycles. The highest BCUT2D eigenvalue weighted by atomic mass is 35.5. The number of hydrogen-bond acceptors (Lipinski definition) is 3. The van der Waals surface area contributed by atoms with Crippen molar-refractivity contribution in [1.82, 2.24) is 9.88 Å². The third-order valence-electron chi connectivity index (χ3n) is 2.58. The molecule has 2 heterocycles. The van der Waals surface area contributed by atoms with Crippen LogP contribution in [0.15, 0.2) is 12.3 Å². The second-order valence-electron chi connectivity index (χ2n) is 3.91. The first-order valence-electron chi connectivity index (χ1n) is 5.25. The normalized spacial score (nSPS) is 19.6. The van der Waals surface area contributed by atoms with Crippen LogP contribution < -0.4 is 4.74 Å². The summed E-state index contributed by atoms with van der Waals surface area (Å²) >= 11 is 11.5. The first kappa shape index (κ1) is 12.5. The van der Waals surface area contributed by atoms with Gasteiger partial charge in [0.25, 0.3) is 5.91 Å². The Kier molecular flexibility index (Phi) is 3.74. The monoisotopic (exact) mass is 274 g/mol. The second-order valence-corrected chi connectivity index (χ2v) is 4.72. The SMILES string of the molecule is CN1CC(CCCl)Oc2ncc(Cl)cc2C1=O. The Bertz CT molecular complexity index is 439. The molecule has 0 aromatic carbocycles. The summed E-state index contributed by atoms with van der Waals surface area (Å²) in [7, 11) is 1.73. The Morgan fingerprint density at radius 1 is 1.65 bits per heavy atom. The molecule has 2 rings (SSSR count). The van der Waals surface area contributed by atoms with Gasteiger partial charge in [-0.1, -0.05) is 11.6 Å². The molecular formula is C11H12Cl2N2O2. The van der Waals surface area contributed by atoms with Gasteiger partial charge in [0.15, 0.2) is 0 Å². The predicted octanol–water partition coefficient (Wildman–Crippen LogP) is 2.20. The molecule has 1 aliphatic rings. The number of amides is 1. The molecule has 0 saturated heterocycles. The van der Waals surface area contributed by atoms with E-state index in [2.05, 4.69) is 4.98 Å². The number of halogens is 2. The molecule has 0 fully saturated rings. The average Bonchev–Trinajstić information content (AvgIpc) is 2.40. The van der Waals surface area contributed by atoms with Gasteiger partial charge < -0.3 is 9.64 Å². The third kappa shape index (κ3) is 2.64. The summed E-state index contributed by atoms with van der Waals surface area (Å²) < 4.78 is 5.68. The van der Waals surface area contributed by atoms with Gasteiger partial charge in [0.05, 0.1) is 11.6 Å². The number of alkyl halides is 1. The first-order chi connectivity index (χ1) is 8.11. The molecular weight excluding hydrogens is 263 g/mol. The summed E-state index contributed by atoms with van der Waals surface area (Å²) in [6.07, 6.45) is 2.01. The molecule has 1 atom stereocenters. The van der Waals surface area contributed by atoms with Gasteiger partial charge >= 0.3 is 0 Å². The van der Waals surface area contributed by atoms with Crippen LogP contribution >= 0.6 is 23.2 Å². The Labute approximate surface area is 109 Å². The number of ether oxygens (including phenoxy) is 1. The van der Waals surface area contributed by atoms with E-state index in [4.69, 9.17) is 27.9 Å². The van der Waals surface area contributed by atoms with E-state index in [1.807, 2.05) is 0 Å². The number of rotatable bonds is 2. The van der Waals surface area contributed by atoms with Crippen LogP contribution in [0.4, 0.5) is 0 Å². The highest BCUT2D eigenvalue weighted by molar-refractivity contribution is 6.30. The predicted molar refractivity (Wildman–Crippen MR) is 66.0 cm³/mol. The van der Waals surface area contributed by atoms with Crippen molar-refractivity contribution >= 4 is 29.1 Å². The minimum atomic E-state index is -0.132. The lowest BCUT2D eigenvalue weighted by molar-refractivity contribution is 0.0758. The van der Waals surface area contributed by atoms with Gasteiger partial charge in [-0.15, -0.1) is 11.6 Å². The van der Waals surface area contributed by atoms with Crippen LogP contribution in [0.2, 0.25) is 5.02 Å². The van der Waals surface area contributed by atoms with Crippen molar-refractivity contribution in [1.29, 1.82) is 0 Å². The van der Waals surface area contributed by atoms with E-state index in [-0.39, 0.29) is 12.0 Å². The van der Waals surface area contributed by atoms with Gasteiger partial charge in [0.2, 0.25) is 5.88 Å². The van der Waals surface area contributed by atoms with Gasteiger partial charge in [-0.2, -0.15) is 0 Å². The molecule has 0 radical (unpaired) electrons. The lowest BCUT2D eigenvalue weighted by Crippen LogP contribution is -2.34. The van der Waals surface area contributed by atoms with Crippen molar-refractivity contribution in [2.45, 2.75) is 12.5 Å². The zero-order valence-corrected chi connectivity index (χ0v) is 10.8. The fourth-order valence-electron chi connectivity index (χ4n) is 1.73. The minimum Gasteiger partial charge on any atom is -0.472 e. The molecule has 1 aromatic rings. The van der Waals surface area contributed by atoms with Crippen LogP contribution in [0, 0.1) is 0 Å². The maximum absolute atomic E-state index is 12.1. The summed E-state index contributed by atoms with van der Waals surface area (Å²) in [5, 5.41) is 0.421. The standard InChI is InChI=1S/C11H12Cl2N2O2/c1-15-6-8(2-3-12)17-10-9(11(15)16)4-7(13)5-14-10/h4-5,8H,2-3,6H2,1H3. The van der Waals surface area contributed by atoms with Gasteiger partial charge in [0, 0.05) is 19.1 Å². The van der Waals surface area contributed by atoms with Gasteiger partial charge in [-0.05, 0) is 12.5 Å². The number of carbonyl (C=O) groups is 1. The van der Waals surface area contributed by atoms with E-state index in [1.165, 1.54) is 6.20 Å². The van der Waals surface area contributed by atoms with E-state index in [0.29, 0.717) is 35.3 Å².